The van der Waals surface area contributed by atoms with Crippen molar-refractivity contribution < 1.29 is 33.8 Å². The molecule has 3 heterocycles. The van der Waals surface area contributed by atoms with Crippen LogP contribution < -0.4 is 0 Å². The Labute approximate surface area is 205 Å². The molecule has 1 aromatic carbocycles. The van der Waals surface area contributed by atoms with Crippen LogP contribution in [0.4, 0.5) is 0 Å². The van der Waals surface area contributed by atoms with Crippen LogP contribution in [0.15, 0.2) is 24.3 Å². The monoisotopic (exact) mass is 537 g/mol. The van der Waals surface area contributed by atoms with E-state index >= 15 is 0 Å². The van der Waals surface area contributed by atoms with Gasteiger partial charge in [0.25, 0.3) is 22.8 Å². The number of benzene rings is 1. The molecule has 0 aliphatic carbocycles. The third-order valence-electron chi connectivity index (χ3n) is 5.46. The molecular formula is C18H14Cl3N3O8S. The minimum absolute atomic E-state index is 0.162. The standard InChI is InChI=1S/C18H14Cl3N3O8S/c1-17(6-32-24(29)30)11(16(28)31-7-18(19,20)21)23-14(27)10(15(23)33-17)22-12(25)8-4-2-3-5-9(8)13(22)26/h2-5,10-11,15H,6-7H2,1H3/t10?,11?,15-,17+/m1/s1. The molecule has 0 bridgehead atoms. The topological polar surface area (TPSA) is 136 Å². The first-order chi connectivity index (χ1) is 15.4. The second kappa shape index (κ2) is 8.19. The molecule has 0 radical (unpaired) electrons. The van der Waals surface area contributed by atoms with E-state index in [-0.39, 0.29) is 11.1 Å². The third-order valence-corrected chi connectivity index (χ3v) is 7.39. The lowest BCUT2D eigenvalue weighted by Gasteiger charge is -2.46. The van der Waals surface area contributed by atoms with Crippen LogP contribution in [0.25, 0.3) is 0 Å². The minimum Gasteiger partial charge on any atom is -0.460 e. The number of esters is 1. The molecule has 0 spiro atoms. The van der Waals surface area contributed by atoms with Crippen LogP contribution in [0.5, 0.6) is 0 Å². The van der Waals surface area contributed by atoms with Crippen LogP contribution in [-0.2, 0) is 19.2 Å². The van der Waals surface area contributed by atoms with E-state index in [9.17, 15) is 29.3 Å². The molecular weight excluding hydrogens is 525 g/mol. The molecule has 4 atom stereocenters. The van der Waals surface area contributed by atoms with Crippen molar-refractivity contribution in [1.29, 1.82) is 0 Å². The number of β-lactam (4-membered cyclic amide) rings is 1. The van der Waals surface area contributed by atoms with Crippen molar-refractivity contribution in [2.24, 2.45) is 0 Å². The van der Waals surface area contributed by atoms with Gasteiger partial charge in [0.15, 0.2) is 0 Å². The Morgan fingerprint density at radius 1 is 1.21 bits per heavy atom. The zero-order valence-corrected chi connectivity index (χ0v) is 19.7. The first-order valence-electron chi connectivity index (χ1n) is 9.33. The first kappa shape index (κ1) is 23.9. The van der Waals surface area contributed by atoms with Gasteiger partial charge in [-0.15, -0.1) is 21.9 Å². The number of carbonyl (C=O) groups excluding carboxylic acids is 4. The van der Waals surface area contributed by atoms with E-state index in [4.69, 9.17) is 39.5 Å². The molecule has 0 saturated carbocycles. The van der Waals surface area contributed by atoms with Crippen molar-refractivity contribution in [1.82, 2.24) is 9.80 Å². The van der Waals surface area contributed by atoms with Crippen molar-refractivity contribution in [3.63, 3.8) is 0 Å². The molecule has 2 saturated heterocycles. The minimum atomic E-state index is -1.92. The third kappa shape index (κ3) is 3.98. The maximum atomic E-state index is 13.1. The van der Waals surface area contributed by atoms with Crippen LogP contribution in [0.1, 0.15) is 27.6 Å². The summed E-state index contributed by atoms with van der Waals surface area (Å²) in [6, 6.07) is 3.58. The highest BCUT2D eigenvalue weighted by Crippen LogP contribution is 2.53. The maximum Gasteiger partial charge on any atom is 0.330 e. The van der Waals surface area contributed by atoms with E-state index in [0.717, 1.165) is 21.6 Å². The van der Waals surface area contributed by atoms with Crippen molar-refractivity contribution in [2.45, 2.75) is 32.9 Å². The van der Waals surface area contributed by atoms with Crippen LogP contribution in [0.2, 0.25) is 0 Å². The fourth-order valence-corrected chi connectivity index (χ4v) is 5.97. The quantitative estimate of drug-likeness (QED) is 0.133. The van der Waals surface area contributed by atoms with E-state index in [1.807, 2.05) is 0 Å². The Morgan fingerprint density at radius 2 is 1.79 bits per heavy atom. The average Bonchev–Trinajstić information content (AvgIpc) is 3.15. The van der Waals surface area contributed by atoms with Crippen molar-refractivity contribution in [3.8, 4) is 0 Å². The summed E-state index contributed by atoms with van der Waals surface area (Å²) in [5.74, 6) is -2.94. The number of fused-ring (bicyclic) bond motifs is 2. The van der Waals surface area contributed by atoms with Gasteiger partial charge < -0.3 is 14.5 Å². The molecule has 3 amide bonds. The molecule has 176 valence electrons. The predicted octanol–water partition coefficient (Wildman–Crippen LogP) is 1.82. The number of nitrogens with zero attached hydrogens (tertiary/aromatic N) is 3. The van der Waals surface area contributed by atoms with Crippen molar-refractivity contribution >= 4 is 70.3 Å². The largest absolute Gasteiger partial charge is 0.460 e. The Kier molecular flexibility index (Phi) is 5.92. The van der Waals surface area contributed by atoms with Crippen molar-refractivity contribution in [3.05, 3.63) is 45.5 Å². The van der Waals surface area contributed by atoms with Gasteiger partial charge in [-0.3, -0.25) is 19.3 Å². The Hall–Kier alpha value is -2.28. The van der Waals surface area contributed by atoms with Gasteiger partial charge in [0.2, 0.25) is 3.79 Å². The van der Waals surface area contributed by atoms with Crippen LogP contribution in [0, 0.1) is 10.1 Å². The van der Waals surface area contributed by atoms with E-state index in [2.05, 4.69) is 4.84 Å². The average molecular weight is 539 g/mol. The molecule has 1 aromatic rings. The van der Waals surface area contributed by atoms with Gasteiger partial charge in [0.05, 0.1) is 15.9 Å². The van der Waals surface area contributed by atoms with Gasteiger partial charge in [-0.25, -0.2) is 4.79 Å². The second-order valence-electron chi connectivity index (χ2n) is 7.66. The number of carbonyl (C=O) groups is 4. The number of amides is 3. The van der Waals surface area contributed by atoms with Gasteiger partial charge in [-0.1, -0.05) is 46.9 Å². The van der Waals surface area contributed by atoms with E-state index in [0.29, 0.717) is 0 Å². The predicted molar refractivity (Wildman–Crippen MR) is 115 cm³/mol. The van der Waals surface area contributed by atoms with Gasteiger partial charge in [0, 0.05) is 0 Å². The number of hydrogen-bond acceptors (Lipinski definition) is 9. The van der Waals surface area contributed by atoms with E-state index in [1.54, 1.807) is 12.1 Å². The fourth-order valence-electron chi connectivity index (χ4n) is 4.09. The molecule has 2 fully saturated rings. The fraction of sp³-hybridized carbons (Fsp3) is 0.444. The van der Waals surface area contributed by atoms with E-state index in [1.165, 1.54) is 19.1 Å². The van der Waals surface area contributed by atoms with Gasteiger partial charge in [0.1, 0.15) is 30.7 Å². The highest BCUT2D eigenvalue weighted by atomic mass is 35.6. The molecule has 3 aliphatic rings. The zero-order chi connectivity index (χ0) is 24.3. The molecule has 0 aromatic heterocycles. The first-order valence-corrected chi connectivity index (χ1v) is 11.3. The number of ether oxygens (including phenoxy) is 1. The van der Waals surface area contributed by atoms with Gasteiger partial charge in [-0.2, -0.15) is 0 Å². The summed E-state index contributed by atoms with van der Waals surface area (Å²) in [7, 11) is 0. The number of halogens is 3. The summed E-state index contributed by atoms with van der Waals surface area (Å²) in [6.45, 7) is 0.263. The number of hydrogen-bond donors (Lipinski definition) is 0. The van der Waals surface area contributed by atoms with Crippen LogP contribution in [0.3, 0.4) is 0 Å². The van der Waals surface area contributed by atoms with E-state index < -0.39 is 68.0 Å². The number of rotatable bonds is 6. The summed E-state index contributed by atoms with van der Waals surface area (Å²) in [5.41, 5.74) is 0.324. The summed E-state index contributed by atoms with van der Waals surface area (Å²) in [6.07, 6.45) is 0. The van der Waals surface area contributed by atoms with Crippen LogP contribution in [-0.4, -0.2) is 77.8 Å². The molecule has 33 heavy (non-hydrogen) atoms. The number of thioether (sulfide) groups is 1. The Morgan fingerprint density at radius 3 is 2.30 bits per heavy atom. The zero-order valence-electron chi connectivity index (χ0n) is 16.6. The summed E-state index contributed by atoms with van der Waals surface area (Å²) in [5, 5.41) is 8.90. The Balaban J connectivity index is 1.62. The van der Waals surface area contributed by atoms with Gasteiger partial charge in [-0.05, 0) is 19.1 Å². The number of imide groups is 1. The normalized spacial score (nSPS) is 28.4. The highest BCUT2D eigenvalue weighted by Gasteiger charge is 2.69. The summed E-state index contributed by atoms with van der Waals surface area (Å²) in [4.78, 5) is 68.9. The SMILES string of the molecule is C[C@@]1(CO[N+](=O)[O-])S[C@@H]2C(N3C(=O)c4ccccc4C3=O)C(=O)N2C1C(=O)OCC(Cl)(Cl)Cl. The molecule has 2 unspecified atom stereocenters. The number of alkyl halides is 3. The lowest BCUT2D eigenvalue weighted by Crippen LogP contribution is -2.71. The maximum absolute atomic E-state index is 13.1. The molecule has 0 N–H and O–H groups in total. The Bertz CT molecular complexity index is 1050. The van der Waals surface area contributed by atoms with Crippen molar-refractivity contribution in [2.75, 3.05) is 13.2 Å². The summed E-state index contributed by atoms with van der Waals surface area (Å²) >= 11 is 17.9. The van der Waals surface area contributed by atoms with Crippen LogP contribution >= 0.6 is 46.6 Å². The lowest BCUT2D eigenvalue weighted by atomic mass is 9.94. The second-order valence-corrected chi connectivity index (χ2v) is 11.8. The van der Waals surface area contributed by atoms with Gasteiger partial charge >= 0.3 is 5.97 Å². The molecule has 11 nitrogen and oxygen atoms in total. The molecule has 4 rings (SSSR count). The highest BCUT2D eigenvalue weighted by molar-refractivity contribution is 8.01. The molecule has 3 aliphatic heterocycles. The summed E-state index contributed by atoms with van der Waals surface area (Å²) < 4.78 is 1.76. The smallest absolute Gasteiger partial charge is 0.330 e. The molecule has 15 heteroatoms. The lowest BCUT2D eigenvalue weighted by molar-refractivity contribution is -0.758.